The normalized spacial score (nSPS) is 20.6. The smallest absolute Gasteiger partial charge is 0.350 e. The van der Waals surface area contributed by atoms with E-state index in [4.69, 9.17) is 10.1 Å². The SMILES string of the molecule is N#CN1CC[C@H](c2ccc(ONC(=O)N3CCC3)cc2)C1. The van der Waals surface area contributed by atoms with Crippen molar-refractivity contribution in [1.29, 1.82) is 5.26 Å². The molecule has 2 heterocycles. The van der Waals surface area contributed by atoms with Gasteiger partial charge in [0.05, 0.1) is 0 Å². The number of hydrogen-bond donors (Lipinski definition) is 1. The summed E-state index contributed by atoms with van der Waals surface area (Å²) in [4.78, 5) is 20.4. The standard InChI is InChI=1S/C15H18N4O2/c16-11-18-9-6-13(10-18)12-2-4-14(5-3-12)21-17-15(20)19-7-1-8-19/h2-5,13H,1,6-10H2,(H,17,20)/t13-/m0/s1. The molecule has 2 amide bonds. The van der Waals surface area contributed by atoms with Gasteiger partial charge in [-0.1, -0.05) is 12.1 Å². The van der Waals surface area contributed by atoms with Crippen molar-refractivity contribution in [1.82, 2.24) is 15.3 Å². The molecule has 21 heavy (non-hydrogen) atoms. The van der Waals surface area contributed by atoms with Crippen molar-refractivity contribution in [2.45, 2.75) is 18.8 Å². The maximum atomic E-state index is 11.6. The zero-order valence-electron chi connectivity index (χ0n) is 11.8. The molecule has 0 radical (unpaired) electrons. The fourth-order valence-electron chi connectivity index (χ4n) is 2.62. The van der Waals surface area contributed by atoms with Gasteiger partial charge in [0.15, 0.2) is 11.9 Å². The molecular weight excluding hydrogens is 268 g/mol. The molecule has 2 fully saturated rings. The van der Waals surface area contributed by atoms with E-state index >= 15 is 0 Å². The van der Waals surface area contributed by atoms with Crippen molar-refractivity contribution in [3.63, 3.8) is 0 Å². The van der Waals surface area contributed by atoms with E-state index in [-0.39, 0.29) is 6.03 Å². The molecule has 1 atom stereocenters. The lowest BCUT2D eigenvalue weighted by molar-refractivity contribution is 0.121. The molecule has 0 unspecified atom stereocenters. The number of nitrogens with zero attached hydrogens (tertiary/aromatic N) is 3. The molecule has 3 rings (SSSR count). The summed E-state index contributed by atoms with van der Waals surface area (Å²) in [6, 6.07) is 7.50. The Bertz CT molecular complexity index is 548. The maximum absolute atomic E-state index is 11.6. The van der Waals surface area contributed by atoms with Crippen LogP contribution in [0, 0.1) is 11.5 Å². The molecule has 1 aromatic rings. The third-order valence-corrected chi connectivity index (χ3v) is 4.08. The highest BCUT2D eigenvalue weighted by molar-refractivity contribution is 5.73. The van der Waals surface area contributed by atoms with Gasteiger partial charge in [-0.3, -0.25) is 0 Å². The molecule has 2 aliphatic heterocycles. The number of nitrogens with one attached hydrogen (secondary N) is 1. The summed E-state index contributed by atoms with van der Waals surface area (Å²) in [5, 5.41) is 8.88. The molecule has 1 N–H and O–H groups in total. The van der Waals surface area contributed by atoms with Crippen LogP contribution in [-0.4, -0.2) is 42.0 Å². The van der Waals surface area contributed by atoms with E-state index in [1.807, 2.05) is 24.3 Å². The van der Waals surface area contributed by atoms with E-state index in [0.29, 0.717) is 11.7 Å². The Morgan fingerprint density at radius 1 is 1.29 bits per heavy atom. The third-order valence-electron chi connectivity index (χ3n) is 4.08. The molecule has 2 aliphatic rings. The number of nitriles is 1. The Morgan fingerprint density at radius 3 is 2.62 bits per heavy atom. The summed E-state index contributed by atoms with van der Waals surface area (Å²) in [5.41, 5.74) is 3.64. The van der Waals surface area contributed by atoms with E-state index in [1.54, 1.807) is 9.80 Å². The van der Waals surface area contributed by atoms with Crippen LogP contribution in [-0.2, 0) is 0 Å². The third kappa shape index (κ3) is 3.02. The lowest BCUT2D eigenvalue weighted by atomic mass is 9.98. The van der Waals surface area contributed by atoms with Gasteiger partial charge in [0, 0.05) is 32.1 Å². The van der Waals surface area contributed by atoms with Crippen LogP contribution in [0.25, 0.3) is 0 Å². The summed E-state index contributed by atoms with van der Waals surface area (Å²) < 4.78 is 0. The van der Waals surface area contributed by atoms with Crippen LogP contribution >= 0.6 is 0 Å². The number of amides is 2. The van der Waals surface area contributed by atoms with Crippen molar-refractivity contribution in [2.24, 2.45) is 0 Å². The lowest BCUT2D eigenvalue weighted by Crippen LogP contribution is -2.48. The van der Waals surface area contributed by atoms with E-state index in [2.05, 4.69) is 11.7 Å². The molecule has 110 valence electrons. The fraction of sp³-hybridized carbons (Fsp3) is 0.467. The summed E-state index contributed by atoms with van der Waals surface area (Å²) in [7, 11) is 0. The van der Waals surface area contributed by atoms with Crippen LogP contribution < -0.4 is 10.3 Å². The van der Waals surface area contributed by atoms with Crippen LogP contribution in [0.4, 0.5) is 4.79 Å². The summed E-state index contributed by atoms with van der Waals surface area (Å²) in [6.45, 7) is 3.20. The molecule has 1 aromatic carbocycles. The van der Waals surface area contributed by atoms with Crippen molar-refractivity contribution in [3.8, 4) is 11.9 Å². The fourth-order valence-corrected chi connectivity index (χ4v) is 2.62. The summed E-state index contributed by atoms with van der Waals surface area (Å²) >= 11 is 0. The van der Waals surface area contributed by atoms with Crippen LogP contribution in [0.1, 0.15) is 24.3 Å². The first kappa shape index (κ1) is 13.6. The molecule has 2 saturated heterocycles. The van der Waals surface area contributed by atoms with E-state index in [9.17, 15) is 4.79 Å². The zero-order chi connectivity index (χ0) is 14.7. The highest BCUT2D eigenvalue weighted by Gasteiger charge is 2.23. The topological polar surface area (TPSA) is 68.6 Å². The number of hydrogen-bond acceptors (Lipinski definition) is 4. The minimum atomic E-state index is -0.189. The number of carbonyl (C=O) groups is 1. The Balaban J connectivity index is 1.52. The van der Waals surface area contributed by atoms with E-state index in [0.717, 1.165) is 39.0 Å². The number of benzene rings is 1. The van der Waals surface area contributed by atoms with Gasteiger partial charge in [0.1, 0.15) is 0 Å². The van der Waals surface area contributed by atoms with Crippen molar-refractivity contribution in [2.75, 3.05) is 26.2 Å². The molecule has 0 spiro atoms. The second-order valence-electron chi connectivity index (χ2n) is 5.45. The van der Waals surface area contributed by atoms with Gasteiger partial charge in [-0.05, 0) is 30.5 Å². The quantitative estimate of drug-likeness (QED) is 0.678. The van der Waals surface area contributed by atoms with Gasteiger partial charge in [-0.25, -0.2) is 4.79 Å². The number of carbonyl (C=O) groups excluding carboxylic acids is 1. The summed E-state index contributed by atoms with van der Waals surface area (Å²) in [5.74, 6) is 1.01. The highest BCUT2D eigenvalue weighted by atomic mass is 16.7. The molecule has 6 nitrogen and oxygen atoms in total. The lowest BCUT2D eigenvalue weighted by Gasteiger charge is -2.30. The Kier molecular flexibility index (Phi) is 3.82. The minimum absolute atomic E-state index is 0.189. The first-order valence-electron chi connectivity index (χ1n) is 7.22. The molecule has 0 aromatic heterocycles. The van der Waals surface area contributed by atoms with Gasteiger partial charge >= 0.3 is 6.03 Å². The molecular formula is C15H18N4O2. The predicted octanol–water partition coefficient (Wildman–Crippen LogP) is 1.67. The first-order valence-corrected chi connectivity index (χ1v) is 7.22. The van der Waals surface area contributed by atoms with Crippen molar-refractivity contribution < 1.29 is 9.63 Å². The van der Waals surface area contributed by atoms with Gasteiger partial charge in [0.2, 0.25) is 0 Å². The Morgan fingerprint density at radius 2 is 2.05 bits per heavy atom. The number of rotatable bonds is 3. The number of likely N-dealkylation sites (tertiary alicyclic amines) is 2. The minimum Gasteiger partial charge on any atom is -0.378 e. The van der Waals surface area contributed by atoms with Crippen LogP contribution in [0.2, 0.25) is 0 Å². The number of hydroxylamine groups is 1. The van der Waals surface area contributed by atoms with Crippen LogP contribution in [0.3, 0.4) is 0 Å². The molecule has 0 bridgehead atoms. The van der Waals surface area contributed by atoms with Gasteiger partial charge < -0.3 is 14.6 Å². The van der Waals surface area contributed by atoms with E-state index < -0.39 is 0 Å². The summed E-state index contributed by atoms with van der Waals surface area (Å²) in [6.07, 6.45) is 4.24. The predicted molar refractivity (Wildman–Crippen MR) is 76.3 cm³/mol. The molecule has 0 aliphatic carbocycles. The Labute approximate surface area is 123 Å². The van der Waals surface area contributed by atoms with Gasteiger partial charge in [0.25, 0.3) is 0 Å². The average Bonchev–Trinajstić information content (AvgIpc) is 2.93. The van der Waals surface area contributed by atoms with Crippen LogP contribution in [0.15, 0.2) is 24.3 Å². The van der Waals surface area contributed by atoms with Crippen molar-refractivity contribution in [3.05, 3.63) is 29.8 Å². The maximum Gasteiger partial charge on any atom is 0.350 e. The second-order valence-corrected chi connectivity index (χ2v) is 5.45. The van der Waals surface area contributed by atoms with Gasteiger partial charge in [-0.15, -0.1) is 0 Å². The monoisotopic (exact) mass is 286 g/mol. The largest absolute Gasteiger partial charge is 0.378 e. The highest BCUT2D eigenvalue weighted by Crippen LogP contribution is 2.27. The van der Waals surface area contributed by atoms with Crippen LogP contribution in [0.5, 0.6) is 5.75 Å². The van der Waals surface area contributed by atoms with Gasteiger partial charge in [-0.2, -0.15) is 10.7 Å². The van der Waals surface area contributed by atoms with Crippen molar-refractivity contribution >= 4 is 6.03 Å². The Hall–Kier alpha value is -2.42. The van der Waals surface area contributed by atoms with E-state index in [1.165, 1.54) is 5.56 Å². The number of urea groups is 1. The molecule has 0 saturated carbocycles. The zero-order valence-corrected chi connectivity index (χ0v) is 11.8. The molecule has 6 heteroatoms. The second kappa shape index (κ2) is 5.92. The average molecular weight is 286 g/mol. The first-order chi connectivity index (χ1) is 10.3.